The molecule has 1 fully saturated rings. The quantitative estimate of drug-likeness (QED) is 0.875. The Morgan fingerprint density at radius 2 is 2.12 bits per heavy atom. The molecule has 0 aliphatic carbocycles. The van der Waals surface area contributed by atoms with E-state index in [0.29, 0.717) is 18.7 Å². The summed E-state index contributed by atoms with van der Waals surface area (Å²) in [4.78, 5) is 13.6. The van der Waals surface area contributed by atoms with Crippen molar-refractivity contribution < 1.29 is 19.4 Å². The summed E-state index contributed by atoms with van der Waals surface area (Å²) < 4.78 is 11.2. The van der Waals surface area contributed by atoms with E-state index in [0.717, 1.165) is 30.8 Å². The molecule has 0 saturated carbocycles. The third-order valence-corrected chi connectivity index (χ3v) is 4.46. The third-order valence-electron chi connectivity index (χ3n) is 4.46. The minimum Gasteiger partial charge on any atom is -0.497 e. The highest BCUT2D eigenvalue weighted by Crippen LogP contribution is 2.19. The molecule has 1 atom stereocenters. The smallest absolute Gasteiger partial charge is 0.336 e. The van der Waals surface area contributed by atoms with Crippen LogP contribution in [0.15, 0.2) is 48.5 Å². The van der Waals surface area contributed by atoms with Crippen molar-refractivity contribution in [3.63, 3.8) is 0 Å². The predicted octanol–water partition coefficient (Wildman–Crippen LogP) is 2.84. The molecule has 2 aromatic rings. The van der Waals surface area contributed by atoms with E-state index in [1.54, 1.807) is 19.2 Å². The van der Waals surface area contributed by atoms with Crippen molar-refractivity contribution in [1.82, 2.24) is 4.90 Å². The van der Waals surface area contributed by atoms with Crippen molar-refractivity contribution in [3.05, 3.63) is 65.2 Å². The molecule has 2 aromatic carbocycles. The van der Waals surface area contributed by atoms with Gasteiger partial charge in [-0.3, -0.25) is 4.90 Å². The van der Waals surface area contributed by atoms with Gasteiger partial charge in [-0.2, -0.15) is 0 Å². The fourth-order valence-corrected chi connectivity index (χ4v) is 3.22. The van der Waals surface area contributed by atoms with E-state index in [1.807, 2.05) is 30.3 Å². The van der Waals surface area contributed by atoms with E-state index in [-0.39, 0.29) is 6.10 Å². The summed E-state index contributed by atoms with van der Waals surface area (Å²) in [6, 6.07) is 15.2. The number of carboxylic acid groups (broad SMARTS) is 1. The first-order chi connectivity index (χ1) is 12.2. The van der Waals surface area contributed by atoms with Crippen LogP contribution in [0.3, 0.4) is 0 Å². The largest absolute Gasteiger partial charge is 0.497 e. The summed E-state index contributed by atoms with van der Waals surface area (Å²) in [5.41, 5.74) is 2.40. The molecular formula is C20H23NO4. The summed E-state index contributed by atoms with van der Waals surface area (Å²) in [6.07, 6.45) is 0.909. The maximum Gasteiger partial charge on any atom is 0.336 e. The molecule has 0 aromatic heterocycles. The van der Waals surface area contributed by atoms with Crippen LogP contribution in [0.2, 0.25) is 0 Å². The minimum atomic E-state index is -0.878. The molecule has 1 aliphatic heterocycles. The van der Waals surface area contributed by atoms with Crippen molar-refractivity contribution in [1.29, 1.82) is 0 Å². The van der Waals surface area contributed by atoms with Crippen molar-refractivity contribution in [3.8, 4) is 5.75 Å². The van der Waals surface area contributed by atoms with Gasteiger partial charge in [0.05, 0.1) is 25.4 Å². The number of methoxy groups -OCH3 is 1. The van der Waals surface area contributed by atoms with Crippen LogP contribution in [0.5, 0.6) is 5.75 Å². The molecule has 3 rings (SSSR count). The molecule has 1 unspecified atom stereocenters. The predicted molar refractivity (Wildman–Crippen MR) is 95.1 cm³/mol. The Morgan fingerprint density at radius 1 is 1.28 bits per heavy atom. The van der Waals surface area contributed by atoms with E-state index in [4.69, 9.17) is 9.47 Å². The van der Waals surface area contributed by atoms with Gasteiger partial charge in [-0.05, 0) is 29.3 Å². The highest BCUT2D eigenvalue weighted by Gasteiger charge is 2.22. The number of nitrogens with zero attached hydrogens (tertiary/aromatic N) is 1. The van der Waals surface area contributed by atoms with Crippen LogP contribution in [0.4, 0.5) is 0 Å². The molecule has 1 aliphatic rings. The van der Waals surface area contributed by atoms with Crippen LogP contribution in [-0.4, -0.2) is 48.9 Å². The van der Waals surface area contributed by atoms with Crippen LogP contribution in [0.25, 0.3) is 0 Å². The van der Waals surface area contributed by atoms with Gasteiger partial charge in [0.2, 0.25) is 0 Å². The molecule has 25 heavy (non-hydrogen) atoms. The topological polar surface area (TPSA) is 59.0 Å². The molecule has 0 spiro atoms. The second-order valence-electron chi connectivity index (χ2n) is 6.25. The van der Waals surface area contributed by atoms with Gasteiger partial charge in [-0.15, -0.1) is 0 Å². The first kappa shape index (κ1) is 17.5. The lowest BCUT2D eigenvalue weighted by Crippen LogP contribution is -2.43. The number of benzene rings is 2. The normalized spacial score (nSPS) is 18.0. The summed E-state index contributed by atoms with van der Waals surface area (Å²) in [7, 11) is 1.66. The van der Waals surface area contributed by atoms with E-state index in [9.17, 15) is 9.90 Å². The Labute approximate surface area is 147 Å². The number of rotatable bonds is 6. The number of carbonyl (C=O) groups is 1. The lowest BCUT2D eigenvalue weighted by atomic mass is 10.0. The molecule has 0 amide bonds. The van der Waals surface area contributed by atoms with Gasteiger partial charge in [0.25, 0.3) is 0 Å². The number of hydrogen-bond acceptors (Lipinski definition) is 4. The van der Waals surface area contributed by atoms with Crippen molar-refractivity contribution in [2.45, 2.75) is 19.1 Å². The summed E-state index contributed by atoms with van der Waals surface area (Å²) in [5, 5.41) is 9.34. The number of morpholine rings is 1. The Morgan fingerprint density at radius 3 is 2.92 bits per heavy atom. The summed E-state index contributed by atoms with van der Waals surface area (Å²) in [6.45, 7) is 2.87. The second kappa shape index (κ2) is 8.14. The zero-order chi connectivity index (χ0) is 17.6. The Balaban J connectivity index is 1.64. The van der Waals surface area contributed by atoms with E-state index in [1.165, 1.54) is 5.56 Å². The number of ether oxygens (including phenoxy) is 2. The third kappa shape index (κ3) is 4.59. The van der Waals surface area contributed by atoms with Crippen molar-refractivity contribution in [2.75, 3.05) is 26.8 Å². The standard InChI is InChI=1S/C20H23NO4/c1-24-17-7-4-5-15(11-17)12-18-14-21(9-10-25-18)13-16-6-2-3-8-19(16)20(22)23/h2-8,11,18H,9-10,12-14H2,1H3,(H,22,23). The number of aromatic carboxylic acids is 1. The average Bonchev–Trinajstić information content (AvgIpc) is 2.62. The van der Waals surface area contributed by atoms with Crippen LogP contribution in [-0.2, 0) is 17.7 Å². The molecule has 5 heteroatoms. The molecule has 1 heterocycles. The van der Waals surface area contributed by atoms with Gasteiger partial charge >= 0.3 is 5.97 Å². The zero-order valence-corrected chi connectivity index (χ0v) is 14.4. The summed E-state index contributed by atoms with van der Waals surface area (Å²) in [5.74, 6) is -0.0302. The molecule has 0 bridgehead atoms. The van der Waals surface area contributed by atoms with Crippen molar-refractivity contribution in [2.24, 2.45) is 0 Å². The lowest BCUT2D eigenvalue weighted by molar-refractivity contribution is -0.0305. The molecule has 5 nitrogen and oxygen atoms in total. The Bertz CT molecular complexity index is 731. The monoisotopic (exact) mass is 341 g/mol. The molecular weight excluding hydrogens is 318 g/mol. The first-order valence-electron chi connectivity index (χ1n) is 8.44. The van der Waals surface area contributed by atoms with Crippen LogP contribution < -0.4 is 4.74 Å². The van der Waals surface area contributed by atoms with Gasteiger partial charge in [0.1, 0.15) is 5.75 Å². The van der Waals surface area contributed by atoms with Crippen molar-refractivity contribution >= 4 is 5.97 Å². The van der Waals surface area contributed by atoms with Gasteiger partial charge < -0.3 is 14.6 Å². The van der Waals surface area contributed by atoms with Gasteiger partial charge in [-0.1, -0.05) is 30.3 Å². The zero-order valence-electron chi connectivity index (χ0n) is 14.4. The Kier molecular flexibility index (Phi) is 5.68. The fourth-order valence-electron chi connectivity index (χ4n) is 3.22. The first-order valence-corrected chi connectivity index (χ1v) is 8.44. The van der Waals surface area contributed by atoms with E-state index >= 15 is 0 Å². The van der Waals surface area contributed by atoms with Crippen LogP contribution >= 0.6 is 0 Å². The maximum atomic E-state index is 11.4. The summed E-state index contributed by atoms with van der Waals surface area (Å²) >= 11 is 0. The number of hydrogen-bond donors (Lipinski definition) is 1. The van der Waals surface area contributed by atoms with Gasteiger partial charge in [0, 0.05) is 26.1 Å². The van der Waals surface area contributed by atoms with Gasteiger partial charge in [0.15, 0.2) is 0 Å². The second-order valence-corrected chi connectivity index (χ2v) is 6.25. The van der Waals surface area contributed by atoms with E-state index in [2.05, 4.69) is 11.0 Å². The van der Waals surface area contributed by atoms with Gasteiger partial charge in [-0.25, -0.2) is 4.79 Å². The SMILES string of the molecule is COc1cccc(CC2CN(Cc3ccccc3C(=O)O)CCO2)c1. The molecule has 1 saturated heterocycles. The highest BCUT2D eigenvalue weighted by molar-refractivity contribution is 5.89. The lowest BCUT2D eigenvalue weighted by Gasteiger charge is -2.33. The molecule has 1 N–H and O–H groups in total. The van der Waals surface area contributed by atoms with Crippen LogP contribution in [0.1, 0.15) is 21.5 Å². The fraction of sp³-hybridized carbons (Fsp3) is 0.350. The Hall–Kier alpha value is -2.37. The number of carboxylic acids is 1. The van der Waals surface area contributed by atoms with E-state index < -0.39 is 5.97 Å². The molecule has 0 radical (unpaired) electrons. The minimum absolute atomic E-state index is 0.0952. The maximum absolute atomic E-state index is 11.4. The van der Waals surface area contributed by atoms with Crippen LogP contribution in [0, 0.1) is 0 Å². The molecule has 132 valence electrons. The average molecular weight is 341 g/mol. The highest BCUT2D eigenvalue weighted by atomic mass is 16.5.